The molecule has 0 radical (unpaired) electrons. The van der Waals surface area contributed by atoms with Gasteiger partial charge in [0.25, 0.3) is 0 Å². The fourth-order valence-corrected chi connectivity index (χ4v) is 3.32. The van der Waals surface area contributed by atoms with E-state index in [0.717, 1.165) is 24.7 Å². The highest BCUT2D eigenvalue weighted by Crippen LogP contribution is 2.35. The molecule has 1 aliphatic heterocycles. The molecule has 0 amide bonds. The monoisotopic (exact) mass is 316 g/mol. The SMILES string of the molecule is CC1CC(Nc2ccc(OC(F)F)c(Cl)c2)CN1C1CC1. The van der Waals surface area contributed by atoms with E-state index in [1.54, 1.807) is 12.1 Å². The lowest BCUT2D eigenvalue weighted by Gasteiger charge is -2.20. The third kappa shape index (κ3) is 3.58. The molecule has 2 unspecified atom stereocenters. The summed E-state index contributed by atoms with van der Waals surface area (Å²) in [5, 5.41) is 3.64. The molecule has 3 rings (SSSR count). The highest BCUT2D eigenvalue weighted by atomic mass is 35.5. The van der Waals surface area contributed by atoms with Crippen molar-refractivity contribution in [2.75, 3.05) is 11.9 Å². The molecule has 1 aliphatic carbocycles. The Balaban J connectivity index is 1.61. The summed E-state index contributed by atoms with van der Waals surface area (Å²) in [6.07, 6.45) is 3.70. The minimum Gasteiger partial charge on any atom is -0.433 e. The molecule has 116 valence electrons. The van der Waals surface area contributed by atoms with Crippen LogP contribution >= 0.6 is 11.6 Å². The number of hydrogen-bond acceptors (Lipinski definition) is 3. The van der Waals surface area contributed by atoms with Gasteiger partial charge in [0.05, 0.1) is 5.02 Å². The number of hydrogen-bond donors (Lipinski definition) is 1. The lowest BCUT2D eigenvalue weighted by Crippen LogP contribution is -2.31. The predicted molar refractivity (Wildman–Crippen MR) is 79.3 cm³/mol. The van der Waals surface area contributed by atoms with Crippen molar-refractivity contribution in [1.29, 1.82) is 0 Å². The maximum Gasteiger partial charge on any atom is 0.387 e. The Morgan fingerprint density at radius 1 is 1.38 bits per heavy atom. The molecule has 1 aromatic rings. The average molecular weight is 317 g/mol. The largest absolute Gasteiger partial charge is 0.433 e. The Hall–Kier alpha value is -1.07. The first kappa shape index (κ1) is 14.9. The first-order chi connectivity index (χ1) is 10.0. The number of nitrogens with one attached hydrogen (secondary N) is 1. The number of ether oxygens (including phenoxy) is 1. The maximum atomic E-state index is 12.2. The molecule has 1 N–H and O–H groups in total. The van der Waals surface area contributed by atoms with Crippen LogP contribution in [-0.4, -0.2) is 36.2 Å². The normalized spacial score (nSPS) is 26.3. The topological polar surface area (TPSA) is 24.5 Å². The number of benzene rings is 1. The lowest BCUT2D eigenvalue weighted by molar-refractivity contribution is -0.0497. The molecular weight excluding hydrogens is 298 g/mol. The molecule has 3 nitrogen and oxygen atoms in total. The number of rotatable bonds is 5. The van der Waals surface area contributed by atoms with Gasteiger partial charge in [0.15, 0.2) is 0 Å². The third-order valence-corrected chi connectivity index (χ3v) is 4.45. The zero-order chi connectivity index (χ0) is 15.0. The summed E-state index contributed by atoms with van der Waals surface area (Å²) in [6, 6.07) is 6.58. The van der Waals surface area contributed by atoms with Crippen molar-refractivity contribution in [3.05, 3.63) is 23.2 Å². The molecule has 1 saturated carbocycles. The molecule has 1 saturated heterocycles. The van der Waals surface area contributed by atoms with Crippen molar-refractivity contribution in [3.63, 3.8) is 0 Å². The van der Waals surface area contributed by atoms with Gasteiger partial charge in [0.2, 0.25) is 0 Å². The van der Waals surface area contributed by atoms with Crippen molar-refractivity contribution in [2.24, 2.45) is 0 Å². The van der Waals surface area contributed by atoms with E-state index in [9.17, 15) is 8.78 Å². The van der Waals surface area contributed by atoms with Gasteiger partial charge in [-0.1, -0.05) is 11.6 Å². The Kier molecular flexibility index (Phi) is 4.22. The van der Waals surface area contributed by atoms with E-state index in [1.807, 2.05) is 0 Å². The Morgan fingerprint density at radius 3 is 2.76 bits per heavy atom. The summed E-state index contributed by atoms with van der Waals surface area (Å²) in [5.41, 5.74) is 0.844. The number of alkyl halides is 2. The molecule has 2 aliphatic rings. The second-order valence-electron chi connectivity index (χ2n) is 5.88. The molecule has 6 heteroatoms. The summed E-state index contributed by atoms with van der Waals surface area (Å²) >= 11 is 5.97. The van der Waals surface area contributed by atoms with Gasteiger partial charge in [-0.05, 0) is 44.4 Å². The molecule has 2 atom stereocenters. The highest BCUT2D eigenvalue weighted by molar-refractivity contribution is 6.32. The Bertz CT molecular complexity index is 510. The van der Waals surface area contributed by atoms with Crippen LogP contribution in [-0.2, 0) is 0 Å². The van der Waals surface area contributed by atoms with Crippen LogP contribution in [0.3, 0.4) is 0 Å². The quantitative estimate of drug-likeness (QED) is 0.889. The second kappa shape index (κ2) is 5.97. The molecular formula is C15H19ClF2N2O. The van der Waals surface area contributed by atoms with Crippen molar-refractivity contribution < 1.29 is 13.5 Å². The number of likely N-dealkylation sites (tertiary alicyclic amines) is 1. The van der Waals surface area contributed by atoms with E-state index in [0.29, 0.717) is 12.1 Å². The van der Waals surface area contributed by atoms with Crippen LogP contribution in [0.4, 0.5) is 14.5 Å². The van der Waals surface area contributed by atoms with Gasteiger partial charge < -0.3 is 10.1 Å². The van der Waals surface area contributed by atoms with E-state index in [-0.39, 0.29) is 10.8 Å². The number of nitrogens with zero attached hydrogens (tertiary/aromatic N) is 1. The van der Waals surface area contributed by atoms with Crippen molar-refractivity contribution in [3.8, 4) is 5.75 Å². The molecule has 1 heterocycles. The van der Waals surface area contributed by atoms with E-state index in [1.165, 1.54) is 18.9 Å². The summed E-state index contributed by atoms with van der Waals surface area (Å²) in [5.74, 6) is 0.0108. The Morgan fingerprint density at radius 2 is 2.14 bits per heavy atom. The van der Waals surface area contributed by atoms with Crippen LogP contribution in [0, 0.1) is 0 Å². The lowest BCUT2D eigenvalue weighted by atomic mass is 10.2. The summed E-state index contributed by atoms with van der Waals surface area (Å²) in [7, 11) is 0. The summed E-state index contributed by atoms with van der Waals surface area (Å²) in [4.78, 5) is 2.55. The zero-order valence-electron chi connectivity index (χ0n) is 11.9. The minimum atomic E-state index is -2.86. The predicted octanol–water partition coefficient (Wildman–Crippen LogP) is 3.98. The van der Waals surface area contributed by atoms with Crippen LogP contribution in [0.1, 0.15) is 26.2 Å². The molecule has 0 spiro atoms. The van der Waals surface area contributed by atoms with Crippen LogP contribution in [0.2, 0.25) is 5.02 Å². The number of anilines is 1. The van der Waals surface area contributed by atoms with Gasteiger partial charge in [-0.25, -0.2) is 0 Å². The van der Waals surface area contributed by atoms with Gasteiger partial charge in [-0.2, -0.15) is 8.78 Å². The van der Waals surface area contributed by atoms with Gasteiger partial charge in [0, 0.05) is 30.4 Å². The first-order valence-electron chi connectivity index (χ1n) is 7.29. The summed E-state index contributed by atoms with van der Waals surface area (Å²) in [6.45, 7) is 0.426. The van der Waals surface area contributed by atoms with E-state index >= 15 is 0 Å². The Labute approximate surface area is 128 Å². The molecule has 0 aromatic heterocycles. The fourth-order valence-electron chi connectivity index (χ4n) is 3.09. The molecule has 2 fully saturated rings. The molecule has 1 aromatic carbocycles. The third-order valence-electron chi connectivity index (χ3n) is 4.16. The minimum absolute atomic E-state index is 0.0108. The fraction of sp³-hybridized carbons (Fsp3) is 0.600. The van der Waals surface area contributed by atoms with Crippen LogP contribution in [0.25, 0.3) is 0 Å². The van der Waals surface area contributed by atoms with Gasteiger partial charge in [-0.15, -0.1) is 0 Å². The van der Waals surface area contributed by atoms with Gasteiger partial charge in [0.1, 0.15) is 5.75 Å². The zero-order valence-corrected chi connectivity index (χ0v) is 12.6. The van der Waals surface area contributed by atoms with E-state index < -0.39 is 6.61 Å². The van der Waals surface area contributed by atoms with Gasteiger partial charge >= 0.3 is 6.61 Å². The van der Waals surface area contributed by atoms with Crippen molar-refractivity contribution in [1.82, 2.24) is 4.90 Å². The van der Waals surface area contributed by atoms with Crippen LogP contribution in [0.5, 0.6) is 5.75 Å². The molecule has 21 heavy (non-hydrogen) atoms. The smallest absolute Gasteiger partial charge is 0.387 e. The molecule has 0 bridgehead atoms. The van der Waals surface area contributed by atoms with Crippen LogP contribution in [0.15, 0.2) is 18.2 Å². The second-order valence-corrected chi connectivity index (χ2v) is 6.28. The summed E-state index contributed by atoms with van der Waals surface area (Å²) < 4.78 is 28.7. The first-order valence-corrected chi connectivity index (χ1v) is 7.67. The van der Waals surface area contributed by atoms with Crippen molar-refractivity contribution in [2.45, 2.75) is 50.9 Å². The van der Waals surface area contributed by atoms with Gasteiger partial charge in [-0.3, -0.25) is 4.90 Å². The maximum absolute atomic E-state index is 12.2. The highest BCUT2D eigenvalue weighted by Gasteiger charge is 2.38. The van der Waals surface area contributed by atoms with E-state index in [2.05, 4.69) is 21.9 Å². The van der Waals surface area contributed by atoms with Crippen molar-refractivity contribution >= 4 is 17.3 Å². The standard InChI is InChI=1S/C15H19ClF2N2O/c1-9-6-11(8-20(9)12-3-4-12)19-10-2-5-14(13(16)7-10)21-15(17)18/h2,5,7,9,11-12,15,19H,3-4,6,8H2,1H3. The number of halogens is 3. The average Bonchev–Trinajstić information content (AvgIpc) is 3.17. The van der Waals surface area contributed by atoms with Crippen LogP contribution < -0.4 is 10.1 Å². The van der Waals surface area contributed by atoms with E-state index in [4.69, 9.17) is 11.6 Å².